The molecular weight excluding hydrogens is 264 g/mol. The molecule has 0 unspecified atom stereocenters. The molecule has 56 valence electrons. The molecule has 0 aliphatic heterocycles. The van der Waals surface area contributed by atoms with E-state index in [-0.39, 0.29) is 3.83 Å². The number of tetrazole rings is 1. The maximum Gasteiger partial charge on any atom is 0.522 e. The molecule has 0 aliphatic carbocycles. The lowest BCUT2D eigenvalue weighted by Gasteiger charge is -1.99. The smallest absolute Gasteiger partial charge is 0.147 e. The van der Waals surface area contributed by atoms with Crippen LogP contribution in [0, 0.1) is 3.83 Å². The predicted molar refractivity (Wildman–Crippen MR) is 31.8 cm³/mol. The number of nitrogens with zero attached hydrogens (tertiary/aromatic N) is 4. The first-order valence-electron chi connectivity index (χ1n) is 2.03. The van der Waals surface area contributed by atoms with Crippen molar-refractivity contribution in [3.63, 3.8) is 0 Å². The Morgan fingerprint density at radius 3 is 2.20 bits per heavy atom. The van der Waals surface area contributed by atoms with E-state index in [0.717, 1.165) is 0 Å². The number of rotatable bonds is 0. The number of hydrogen-bond donors (Lipinski definition) is 0. The molecule has 0 aliphatic rings. The fraction of sp³-hybridized carbons (Fsp3) is 0.500. The Morgan fingerprint density at radius 1 is 1.40 bits per heavy atom. The molecule has 1 aromatic rings. The fourth-order valence-corrected chi connectivity index (χ4v) is 0.606. The van der Waals surface area contributed by atoms with Crippen LogP contribution in [0.4, 0.5) is 13.2 Å². The van der Waals surface area contributed by atoms with Crippen LogP contribution in [0.25, 0.3) is 0 Å². The summed E-state index contributed by atoms with van der Waals surface area (Å²) in [6.07, 6.45) is -4.56. The first kappa shape index (κ1) is 7.69. The molecule has 0 amide bonds. The minimum absolute atomic E-state index is 0.0325. The largest absolute Gasteiger partial charge is 0.522 e. The van der Waals surface area contributed by atoms with E-state index in [1.54, 1.807) is 0 Å². The van der Waals surface area contributed by atoms with E-state index in [4.69, 9.17) is 0 Å². The molecule has 1 aromatic heterocycles. The zero-order valence-corrected chi connectivity index (χ0v) is 6.46. The third kappa shape index (κ3) is 1.55. The van der Waals surface area contributed by atoms with Crippen LogP contribution in [-0.4, -0.2) is 20.2 Å². The molecule has 8 heteroatoms. The van der Waals surface area contributed by atoms with Crippen LogP contribution in [-0.2, 0) is 6.30 Å². The van der Waals surface area contributed by atoms with Gasteiger partial charge >= 0.3 is 6.30 Å². The van der Waals surface area contributed by atoms with Crippen LogP contribution in [0.3, 0.4) is 0 Å². The first-order chi connectivity index (χ1) is 4.50. The van der Waals surface area contributed by atoms with Crippen molar-refractivity contribution in [2.45, 2.75) is 6.30 Å². The van der Waals surface area contributed by atoms with Crippen molar-refractivity contribution < 1.29 is 13.2 Å². The second-order valence-electron chi connectivity index (χ2n) is 1.32. The molecular formula is C2F3IN4. The Labute approximate surface area is 66.5 Å². The molecule has 10 heavy (non-hydrogen) atoms. The molecule has 0 saturated heterocycles. The molecule has 0 radical (unpaired) electrons. The van der Waals surface area contributed by atoms with Gasteiger partial charge in [0.05, 0.1) is 0 Å². The molecule has 0 saturated carbocycles. The quantitative estimate of drug-likeness (QED) is 0.649. The Morgan fingerprint density at radius 2 is 2.00 bits per heavy atom. The molecule has 0 aromatic carbocycles. The van der Waals surface area contributed by atoms with Crippen LogP contribution in [0.1, 0.15) is 0 Å². The van der Waals surface area contributed by atoms with Crippen LogP contribution in [0.5, 0.6) is 0 Å². The van der Waals surface area contributed by atoms with Crippen LogP contribution in [0.2, 0.25) is 0 Å². The average molecular weight is 264 g/mol. The van der Waals surface area contributed by atoms with Gasteiger partial charge in [0.2, 0.25) is 3.83 Å². The van der Waals surface area contributed by atoms with Gasteiger partial charge in [0.25, 0.3) is 0 Å². The lowest BCUT2D eigenvalue weighted by atomic mass is 11.2. The van der Waals surface area contributed by atoms with E-state index in [9.17, 15) is 13.2 Å². The minimum Gasteiger partial charge on any atom is -0.147 e. The highest BCUT2D eigenvalue weighted by Gasteiger charge is 2.33. The van der Waals surface area contributed by atoms with Crippen molar-refractivity contribution in [3.8, 4) is 0 Å². The summed E-state index contributed by atoms with van der Waals surface area (Å²) in [5.74, 6) is 0. The maximum atomic E-state index is 11.6. The van der Waals surface area contributed by atoms with Crippen LogP contribution < -0.4 is 0 Å². The average Bonchev–Trinajstić information content (AvgIpc) is 2.11. The number of hydrogen-bond acceptors (Lipinski definition) is 3. The lowest BCUT2D eigenvalue weighted by molar-refractivity contribution is -0.222. The molecule has 4 nitrogen and oxygen atoms in total. The summed E-state index contributed by atoms with van der Waals surface area (Å²) < 4.78 is 34.8. The number of alkyl halides is 3. The highest BCUT2D eigenvalue weighted by Crippen LogP contribution is 2.18. The molecule has 0 bridgehead atoms. The molecule has 1 heterocycles. The van der Waals surface area contributed by atoms with Crippen molar-refractivity contribution in [1.82, 2.24) is 20.2 Å². The van der Waals surface area contributed by atoms with Gasteiger partial charge in [-0.2, -0.15) is 0 Å². The van der Waals surface area contributed by atoms with Gasteiger partial charge in [0.15, 0.2) is 0 Å². The van der Waals surface area contributed by atoms with Gasteiger partial charge in [0.1, 0.15) is 0 Å². The van der Waals surface area contributed by atoms with Gasteiger partial charge in [-0.15, -0.1) is 23.4 Å². The van der Waals surface area contributed by atoms with Gasteiger partial charge in [-0.25, -0.2) is 0 Å². The number of aromatic nitrogens is 4. The predicted octanol–water partition coefficient (Wildman–Crippen LogP) is 0.754. The summed E-state index contributed by atoms with van der Waals surface area (Å²) in [5.41, 5.74) is 0. The zero-order valence-electron chi connectivity index (χ0n) is 4.30. The summed E-state index contributed by atoms with van der Waals surface area (Å²) in [6, 6.07) is 0. The second-order valence-corrected chi connectivity index (χ2v) is 2.28. The highest BCUT2D eigenvalue weighted by molar-refractivity contribution is 14.1. The Bertz CT molecular complexity index is 229. The molecule has 1 rings (SSSR count). The second kappa shape index (κ2) is 2.32. The van der Waals surface area contributed by atoms with Gasteiger partial charge < -0.3 is 0 Å². The lowest BCUT2D eigenvalue weighted by Crippen LogP contribution is -2.19. The van der Waals surface area contributed by atoms with Crippen molar-refractivity contribution >= 4 is 22.6 Å². The van der Waals surface area contributed by atoms with E-state index in [2.05, 4.69) is 15.4 Å². The molecule has 0 N–H and O–H groups in total. The van der Waals surface area contributed by atoms with Crippen LogP contribution in [0.15, 0.2) is 0 Å². The Hall–Kier alpha value is -0.410. The normalized spacial score (nSPS) is 12.0. The summed E-state index contributed by atoms with van der Waals surface area (Å²) >= 11 is 1.54. The highest BCUT2D eigenvalue weighted by atomic mass is 127. The SMILES string of the molecule is FC(F)(F)n1nnc(I)n1. The third-order valence-corrected chi connectivity index (χ3v) is 1.05. The Balaban J connectivity index is 2.96. The van der Waals surface area contributed by atoms with Crippen molar-refractivity contribution in [3.05, 3.63) is 3.83 Å². The van der Waals surface area contributed by atoms with Gasteiger partial charge in [-0.3, -0.25) is 0 Å². The Kier molecular flexibility index (Phi) is 1.79. The third-order valence-electron chi connectivity index (χ3n) is 0.616. The van der Waals surface area contributed by atoms with Gasteiger partial charge in [0, 0.05) is 22.6 Å². The van der Waals surface area contributed by atoms with Crippen molar-refractivity contribution in [2.24, 2.45) is 0 Å². The van der Waals surface area contributed by atoms with E-state index in [0.29, 0.717) is 0 Å². The monoisotopic (exact) mass is 264 g/mol. The maximum absolute atomic E-state index is 11.6. The summed E-state index contributed by atoms with van der Waals surface area (Å²) in [7, 11) is 0. The summed E-state index contributed by atoms with van der Waals surface area (Å²) in [4.78, 5) is -0.394. The van der Waals surface area contributed by atoms with Crippen molar-refractivity contribution in [2.75, 3.05) is 0 Å². The van der Waals surface area contributed by atoms with E-state index in [1.807, 2.05) is 0 Å². The number of halogens is 4. The van der Waals surface area contributed by atoms with Gasteiger partial charge in [-0.05, 0) is 5.21 Å². The molecule has 0 fully saturated rings. The topological polar surface area (TPSA) is 43.6 Å². The van der Waals surface area contributed by atoms with E-state index < -0.39 is 11.1 Å². The summed E-state index contributed by atoms with van der Waals surface area (Å²) in [6.45, 7) is 0. The zero-order chi connectivity index (χ0) is 7.78. The minimum atomic E-state index is -4.56. The standard InChI is InChI=1S/C2F3IN4/c3-2(4,5)10-8-1(6)7-9-10. The summed E-state index contributed by atoms with van der Waals surface area (Å²) in [5, 5.41) is 8.70. The van der Waals surface area contributed by atoms with Crippen molar-refractivity contribution in [1.29, 1.82) is 0 Å². The fourth-order valence-electron chi connectivity index (χ4n) is 0.305. The van der Waals surface area contributed by atoms with Crippen LogP contribution >= 0.6 is 22.6 Å². The van der Waals surface area contributed by atoms with E-state index in [1.165, 1.54) is 22.6 Å². The molecule has 0 spiro atoms. The molecule has 0 atom stereocenters. The van der Waals surface area contributed by atoms with Gasteiger partial charge in [-0.1, -0.05) is 4.80 Å². The first-order valence-corrected chi connectivity index (χ1v) is 3.11. The van der Waals surface area contributed by atoms with E-state index >= 15 is 0 Å².